The van der Waals surface area contributed by atoms with Gasteiger partial charge in [0.05, 0.1) is 31.2 Å². The molecule has 0 saturated carbocycles. The molecule has 10 nitrogen and oxygen atoms in total. The summed E-state index contributed by atoms with van der Waals surface area (Å²) in [5.41, 5.74) is 8.54. The smallest absolute Gasteiger partial charge is 0.302 e. The number of ether oxygens (including phenoxy) is 3. The Hall–Kier alpha value is -2.45. The van der Waals surface area contributed by atoms with E-state index >= 15 is 0 Å². The molecule has 1 atom stereocenters. The Labute approximate surface area is 285 Å². The van der Waals surface area contributed by atoms with E-state index in [0.717, 1.165) is 17.5 Å². The van der Waals surface area contributed by atoms with Gasteiger partial charge in [-0.05, 0) is 62.1 Å². The molecular formula is C30H33AcClN3O7-. The van der Waals surface area contributed by atoms with E-state index in [1.54, 1.807) is 24.8 Å². The van der Waals surface area contributed by atoms with Gasteiger partial charge >= 0.3 is 11.9 Å². The van der Waals surface area contributed by atoms with Crippen molar-refractivity contribution >= 4 is 29.4 Å². The van der Waals surface area contributed by atoms with E-state index in [4.69, 9.17) is 36.1 Å². The molecule has 0 bridgehead atoms. The predicted molar refractivity (Wildman–Crippen MR) is 150 cm³/mol. The molecule has 1 aliphatic rings. The van der Waals surface area contributed by atoms with Gasteiger partial charge in [0.1, 0.15) is 23.8 Å². The van der Waals surface area contributed by atoms with Gasteiger partial charge in [0.25, 0.3) is 0 Å². The Morgan fingerprint density at radius 2 is 1.64 bits per heavy atom. The number of esters is 2. The summed E-state index contributed by atoms with van der Waals surface area (Å²) in [6, 6.07) is 16.1. The van der Waals surface area contributed by atoms with Crippen LogP contribution in [0.25, 0.3) is 5.73 Å². The molecule has 1 radical (unpaired) electrons. The molecule has 3 aromatic rings. The molecule has 1 N–H and O–H groups in total. The van der Waals surface area contributed by atoms with Crippen LogP contribution < -0.4 is 4.74 Å². The summed E-state index contributed by atoms with van der Waals surface area (Å²) in [6.07, 6.45) is 1.30. The van der Waals surface area contributed by atoms with Gasteiger partial charge in [0.15, 0.2) is 0 Å². The van der Waals surface area contributed by atoms with E-state index in [1.807, 2.05) is 48.5 Å². The van der Waals surface area contributed by atoms with Crippen LogP contribution in [-0.2, 0) is 43.3 Å². The minimum Gasteiger partial charge on any atom is -0.653 e. The van der Waals surface area contributed by atoms with Crippen LogP contribution >= 0.6 is 11.6 Å². The van der Waals surface area contributed by atoms with Crippen molar-refractivity contribution in [3.05, 3.63) is 87.9 Å². The van der Waals surface area contributed by atoms with Crippen LogP contribution in [0.3, 0.4) is 0 Å². The number of halogens is 1. The van der Waals surface area contributed by atoms with Crippen LogP contribution in [0.15, 0.2) is 59.1 Å². The number of nitrogens with zero attached hydrogens (tertiary/aromatic N) is 2. The molecule has 1 aromatic heterocycles. The van der Waals surface area contributed by atoms with Gasteiger partial charge in [-0.15, -0.1) is 0 Å². The fourth-order valence-electron chi connectivity index (χ4n) is 4.67. The first kappa shape index (κ1) is 34.0. The van der Waals surface area contributed by atoms with E-state index in [0.29, 0.717) is 36.0 Å². The SMILES string of the molecule is CCOC(=O)C([NH-])(Cc1cc(C2CCCN2C(=O)Cc2ccc(OCc3ccc(Cl)cc3)cc2)no1)C(=O)OCC.[Ac]. The maximum absolute atomic E-state index is 13.3. The standard InChI is InChI=1S/C30H33ClN3O7.Ac/c1-3-38-28(36)30(32,29(37)39-4-2)18-24-17-25(33-41-24)26-6-5-15-34(26)27(35)16-20-9-13-23(14-10-20)40-19-21-7-11-22(31)12-8-21;/h7-14,17,26,32H,3-6,15-16,18-19H2,1-2H3;/q-1;. The van der Waals surface area contributed by atoms with Crippen molar-refractivity contribution in [2.75, 3.05) is 19.8 Å². The fourth-order valence-corrected chi connectivity index (χ4v) is 4.79. The topological polar surface area (TPSA) is 132 Å². The maximum Gasteiger partial charge on any atom is 0.302 e. The van der Waals surface area contributed by atoms with Crippen LogP contribution in [0.5, 0.6) is 5.75 Å². The van der Waals surface area contributed by atoms with E-state index in [2.05, 4.69) is 5.16 Å². The summed E-state index contributed by atoms with van der Waals surface area (Å²) in [5, 5.41) is 4.79. The van der Waals surface area contributed by atoms with Gasteiger partial charge in [0.2, 0.25) is 5.91 Å². The quantitative estimate of drug-likeness (QED) is 0.179. The van der Waals surface area contributed by atoms with Crippen LogP contribution in [0, 0.1) is 44.1 Å². The summed E-state index contributed by atoms with van der Waals surface area (Å²) in [6.45, 7) is 4.19. The van der Waals surface area contributed by atoms with Crippen LogP contribution in [0.4, 0.5) is 0 Å². The van der Waals surface area contributed by atoms with Crippen LogP contribution in [0.1, 0.15) is 55.3 Å². The average molecular weight is 810 g/mol. The molecule has 1 saturated heterocycles. The first-order valence-electron chi connectivity index (χ1n) is 13.5. The maximum atomic E-state index is 13.3. The Balaban J connectivity index is 0.00000484. The number of hydrogen-bond acceptors (Lipinski definition) is 8. The second-order valence-corrected chi connectivity index (χ2v) is 10.2. The third-order valence-electron chi connectivity index (χ3n) is 6.78. The zero-order chi connectivity index (χ0) is 29.4. The number of nitrogens with one attached hydrogen (secondary N) is 1. The number of hydrogen-bond donors (Lipinski definition) is 0. The van der Waals surface area contributed by atoms with Crippen LogP contribution in [0.2, 0.25) is 5.02 Å². The number of benzene rings is 2. The number of aromatic nitrogens is 1. The second kappa shape index (κ2) is 15.9. The summed E-state index contributed by atoms with van der Waals surface area (Å²) in [4.78, 5) is 39.9. The van der Waals surface area contributed by atoms with Gasteiger partial charge in [-0.25, -0.2) is 0 Å². The first-order valence-corrected chi connectivity index (χ1v) is 13.9. The molecule has 1 aliphatic heterocycles. The van der Waals surface area contributed by atoms with Crippen molar-refractivity contribution in [2.24, 2.45) is 0 Å². The Morgan fingerprint density at radius 1 is 1.02 bits per heavy atom. The third kappa shape index (κ3) is 8.56. The molecule has 221 valence electrons. The molecule has 1 amide bonds. The van der Waals surface area contributed by atoms with Crippen molar-refractivity contribution in [1.82, 2.24) is 10.1 Å². The van der Waals surface area contributed by atoms with E-state index in [1.165, 1.54) is 0 Å². The number of amides is 1. The largest absolute Gasteiger partial charge is 0.653 e. The summed E-state index contributed by atoms with van der Waals surface area (Å²) < 4.78 is 21.1. The Kier molecular flexibility index (Phi) is 12.9. The molecule has 2 heterocycles. The summed E-state index contributed by atoms with van der Waals surface area (Å²) >= 11 is 5.93. The average Bonchev–Trinajstić information content (AvgIpc) is 3.63. The normalized spacial score (nSPS) is 14.7. The molecule has 12 heteroatoms. The molecule has 1 unspecified atom stereocenters. The van der Waals surface area contributed by atoms with Gasteiger partial charge in [-0.3, -0.25) is 14.4 Å². The number of likely N-dealkylation sites (tertiary alicyclic amines) is 1. The van der Waals surface area contributed by atoms with Crippen molar-refractivity contribution in [3.63, 3.8) is 0 Å². The molecule has 0 spiro atoms. The molecule has 4 rings (SSSR count). The van der Waals surface area contributed by atoms with Gasteiger partial charge in [0, 0.05) is 68.1 Å². The minimum atomic E-state index is -2.32. The number of carbonyl (C=O) groups is 3. The van der Waals surface area contributed by atoms with Gasteiger partial charge < -0.3 is 29.4 Å². The fraction of sp³-hybridized carbons (Fsp3) is 0.400. The number of carbonyl (C=O) groups excluding carboxylic acids is 3. The van der Waals surface area contributed by atoms with E-state index in [9.17, 15) is 14.4 Å². The van der Waals surface area contributed by atoms with E-state index in [-0.39, 0.29) is 81.4 Å². The second-order valence-electron chi connectivity index (χ2n) is 9.72. The molecular weight excluding hydrogens is 777 g/mol. The van der Waals surface area contributed by atoms with Gasteiger partial charge in [-0.1, -0.05) is 41.0 Å². The van der Waals surface area contributed by atoms with Crippen molar-refractivity contribution < 1.29 is 77.2 Å². The molecule has 1 fully saturated rings. The Morgan fingerprint density at radius 3 is 2.26 bits per heavy atom. The Bertz CT molecular complexity index is 1330. The number of rotatable bonds is 12. The molecule has 2 aromatic carbocycles. The van der Waals surface area contributed by atoms with Gasteiger partial charge in [-0.2, -0.15) is 0 Å². The minimum absolute atomic E-state index is 0. The van der Waals surface area contributed by atoms with Crippen molar-refractivity contribution in [1.29, 1.82) is 0 Å². The van der Waals surface area contributed by atoms with E-state index < -0.39 is 23.9 Å². The van der Waals surface area contributed by atoms with Crippen molar-refractivity contribution in [3.8, 4) is 5.75 Å². The predicted octanol–water partition coefficient (Wildman–Crippen LogP) is 5.27. The zero-order valence-corrected chi connectivity index (χ0v) is 29.1. The molecule has 42 heavy (non-hydrogen) atoms. The molecule has 0 aliphatic carbocycles. The zero-order valence-electron chi connectivity index (χ0n) is 23.6. The first-order chi connectivity index (χ1) is 19.7. The van der Waals surface area contributed by atoms with Crippen LogP contribution in [-0.4, -0.2) is 53.2 Å². The summed E-state index contributed by atoms with van der Waals surface area (Å²) in [7, 11) is 0. The van der Waals surface area contributed by atoms with Crippen molar-refractivity contribution in [2.45, 2.75) is 57.7 Å². The third-order valence-corrected chi connectivity index (χ3v) is 7.03. The summed E-state index contributed by atoms with van der Waals surface area (Å²) in [5.74, 6) is -1.24. The monoisotopic (exact) mass is 809 g/mol.